The number of thiazole rings is 1. The molecular formula is C16H11ClN4OS. The molecule has 5 nitrogen and oxygen atoms in total. The number of aromatic nitrogens is 3. The van der Waals surface area contributed by atoms with Crippen LogP contribution in [0.15, 0.2) is 41.9 Å². The van der Waals surface area contributed by atoms with E-state index in [1.165, 1.54) is 22.2 Å². The van der Waals surface area contributed by atoms with Gasteiger partial charge in [0.25, 0.3) is 0 Å². The van der Waals surface area contributed by atoms with Crippen LogP contribution >= 0.6 is 22.9 Å². The van der Waals surface area contributed by atoms with Gasteiger partial charge in [0.2, 0.25) is 5.78 Å². The molecule has 0 aliphatic rings. The van der Waals surface area contributed by atoms with E-state index in [0.29, 0.717) is 15.7 Å². The van der Waals surface area contributed by atoms with Crippen molar-refractivity contribution in [1.29, 1.82) is 5.26 Å². The van der Waals surface area contributed by atoms with E-state index in [-0.39, 0.29) is 5.78 Å². The monoisotopic (exact) mass is 342 g/mol. The van der Waals surface area contributed by atoms with Gasteiger partial charge in [0.05, 0.1) is 11.8 Å². The van der Waals surface area contributed by atoms with Gasteiger partial charge >= 0.3 is 0 Å². The molecule has 1 atom stereocenters. The zero-order valence-electron chi connectivity index (χ0n) is 12.1. The first-order chi connectivity index (χ1) is 11.1. The zero-order valence-corrected chi connectivity index (χ0v) is 13.7. The lowest BCUT2D eigenvalue weighted by Gasteiger charge is -2.05. The summed E-state index contributed by atoms with van der Waals surface area (Å²) in [5.41, 5.74) is 2.00. The average Bonchev–Trinajstić information content (AvgIpc) is 3.18. The number of ketones is 1. The molecule has 3 rings (SSSR count). The van der Waals surface area contributed by atoms with Crippen molar-refractivity contribution in [1.82, 2.24) is 14.8 Å². The maximum Gasteiger partial charge on any atom is 0.204 e. The zero-order chi connectivity index (χ0) is 16.4. The maximum absolute atomic E-state index is 12.5. The highest BCUT2D eigenvalue weighted by atomic mass is 35.5. The molecule has 3 aromatic rings. The van der Waals surface area contributed by atoms with Gasteiger partial charge in [0.15, 0.2) is 5.92 Å². The van der Waals surface area contributed by atoms with Crippen LogP contribution in [0, 0.1) is 11.3 Å². The fraction of sp³-hybridized carbons (Fsp3) is 0.125. The SMILES string of the molecule is Cn1nccc1C(=O)[C@H](C#N)c1nc(-c2ccc(Cl)cc2)cs1. The lowest BCUT2D eigenvalue weighted by molar-refractivity contribution is 0.0969. The van der Waals surface area contributed by atoms with Gasteiger partial charge in [-0.3, -0.25) is 9.48 Å². The first kappa shape index (κ1) is 15.4. The van der Waals surface area contributed by atoms with Gasteiger partial charge in [-0.1, -0.05) is 23.7 Å². The molecule has 0 saturated heterocycles. The number of Topliss-reactive ketones (excluding diaryl/α,β-unsaturated/α-hetero) is 1. The Morgan fingerprint density at radius 3 is 2.70 bits per heavy atom. The summed E-state index contributed by atoms with van der Waals surface area (Å²) in [7, 11) is 1.67. The third-order valence-electron chi connectivity index (χ3n) is 3.37. The number of rotatable bonds is 4. The standard InChI is InChI=1S/C16H11ClN4OS/c1-21-14(6-7-19-21)15(22)12(8-18)16-20-13(9-23-16)10-2-4-11(17)5-3-10/h2-7,9,12H,1H3/t12-/m0/s1. The van der Waals surface area contributed by atoms with Crippen LogP contribution in [0.5, 0.6) is 0 Å². The summed E-state index contributed by atoms with van der Waals surface area (Å²) < 4.78 is 1.46. The normalized spacial score (nSPS) is 11.9. The number of aryl methyl sites for hydroxylation is 1. The number of carbonyl (C=O) groups excluding carboxylic acids is 1. The number of hydrogen-bond donors (Lipinski definition) is 0. The largest absolute Gasteiger partial charge is 0.290 e. The quantitative estimate of drug-likeness (QED) is 0.678. The molecule has 0 bridgehead atoms. The smallest absolute Gasteiger partial charge is 0.204 e. The minimum absolute atomic E-state index is 0.301. The van der Waals surface area contributed by atoms with Crippen LogP contribution in [0.2, 0.25) is 5.02 Å². The van der Waals surface area contributed by atoms with Crippen molar-refractivity contribution in [2.45, 2.75) is 5.92 Å². The van der Waals surface area contributed by atoms with E-state index in [9.17, 15) is 10.1 Å². The van der Waals surface area contributed by atoms with Crippen LogP contribution < -0.4 is 0 Å². The van der Waals surface area contributed by atoms with Gasteiger partial charge in [0, 0.05) is 29.2 Å². The van der Waals surface area contributed by atoms with Crippen molar-refractivity contribution in [3.63, 3.8) is 0 Å². The Labute approximate surface area is 141 Å². The Balaban J connectivity index is 1.92. The second-order valence-electron chi connectivity index (χ2n) is 4.84. The summed E-state index contributed by atoms with van der Waals surface area (Å²) in [6, 6.07) is 10.9. The van der Waals surface area contributed by atoms with Gasteiger partial charge in [-0.05, 0) is 18.2 Å². The van der Waals surface area contributed by atoms with E-state index in [1.807, 2.05) is 23.6 Å². The Kier molecular flexibility index (Phi) is 4.24. The maximum atomic E-state index is 12.5. The van der Waals surface area contributed by atoms with Crippen molar-refractivity contribution in [2.75, 3.05) is 0 Å². The molecule has 0 saturated carbocycles. The fourth-order valence-corrected chi connectivity index (χ4v) is 3.16. The van der Waals surface area contributed by atoms with Crippen LogP contribution in [0.1, 0.15) is 21.4 Å². The molecule has 2 aromatic heterocycles. The highest BCUT2D eigenvalue weighted by molar-refractivity contribution is 7.10. The molecule has 2 heterocycles. The van der Waals surface area contributed by atoms with Crippen molar-refractivity contribution in [2.24, 2.45) is 7.05 Å². The lowest BCUT2D eigenvalue weighted by atomic mass is 10.0. The molecule has 7 heteroatoms. The number of nitriles is 1. The third kappa shape index (κ3) is 3.02. The number of hydrogen-bond acceptors (Lipinski definition) is 5. The second kappa shape index (κ2) is 6.32. The molecule has 114 valence electrons. The van der Waals surface area contributed by atoms with E-state index < -0.39 is 5.92 Å². The second-order valence-corrected chi connectivity index (χ2v) is 6.17. The first-order valence-electron chi connectivity index (χ1n) is 6.73. The minimum Gasteiger partial charge on any atom is -0.290 e. The Bertz CT molecular complexity index is 891. The van der Waals surface area contributed by atoms with Crippen molar-refractivity contribution < 1.29 is 4.79 Å². The van der Waals surface area contributed by atoms with E-state index in [0.717, 1.165) is 11.3 Å². The summed E-state index contributed by atoms with van der Waals surface area (Å²) >= 11 is 7.17. The van der Waals surface area contributed by atoms with Gasteiger partial charge in [-0.15, -0.1) is 11.3 Å². The van der Waals surface area contributed by atoms with Crippen LogP contribution in [0.4, 0.5) is 0 Å². The number of carbonyl (C=O) groups is 1. The Morgan fingerprint density at radius 1 is 1.35 bits per heavy atom. The molecular weight excluding hydrogens is 332 g/mol. The molecule has 1 aromatic carbocycles. The summed E-state index contributed by atoms with van der Waals surface area (Å²) in [6.45, 7) is 0. The number of benzene rings is 1. The number of nitrogens with zero attached hydrogens (tertiary/aromatic N) is 4. The number of halogens is 1. The van der Waals surface area contributed by atoms with E-state index in [4.69, 9.17) is 11.6 Å². The Morgan fingerprint density at radius 2 is 2.09 bits per heavy atom. The predicted molar refractivity (Wildman–Crippen MR) is 88.5 cm³/mol. The van der Waals surface area contributed by atoms with Crippen molar-refractivity contribution >= 4 is 28.7 Å². The van der Waals surface area contributed by atoms with E-state index >= 15 is 0 Å². The summed E-state index contributed by atoms with van der Waals surface area (Å²) in [6.07, 6.45) is 1.53. The predicted octanol–water partition coefficient (Wildman–Crippen LogP) is 3.69. The topological polar surface area (TPSA) is 71.6 Å². The van der Waals surface area contributed by atoms with Gasteiger partial charge < -0.3 is 0 Å². The van der Waals surface area contributed by atoms with Crippen LogP contribution in [0.3, 0.4) is 0 Å². The molecule has 0 radical (unpaired) electrons. The first-order valence-corrected chi connectivity index (χ1v) is 7.99. The molecule has 0 amide bonds. The summed E-state index contributed by atoms with van der Waals surface area (Å²) in [5, 5.41) is 16.3. The third-order valence-corrected chi connectivity index (χ3v) is 4.54. The molecule has 23 heavy (non-hydrogen) atoms. The summed E-state index contributed by atoms with van der Waals surface area (Å²) in [4.78, 5) is 17.0. The van der Waals surface area contributed by atoms with Crippen molar-refractivity contribution in [3.05, 3.63) is 57.6 Å². The van der Waals surface area contributed by atoms with Crippen LogP contribution in [-0.4, -0.2) is 20.5 Å². The molecule has 0 aliphatic carbocycles. The highest BCUT2D eigenvalue weighted by Crippen LogP contribution is 2.29. The highest BCUT2D eigenvalue weighted by Gasteiger charge is 2.27. The molecule has 0 aliphatic heterocycles. The van der Waals surface area contributed by atoms with Gasteiger partial charge in [-0.2, -0.15) is 10.4 Å². The molecule has 0 fully saturated rings. The summed E-state index contributed by atoms with van der Waals surface area (Å²) in [5.74, 6) is -1.24. The van der Waals surface area contributed by atoms with E-state index in [2.05, 4.69) is 10.1 Å². The minimum atomic E-state index is -0.934. The fourth-order valence-electron chi connectivity index (χ4n) is 2.16. The molecule has 0 unspecified atom stereocenters. The van der Waals surface area contributed by atoms with E-state index in [1.54, 1.807) is 25.2 Å². The van der Waals surface area contributed by atoms with Crippen LogP contribution in [-0.2, 0) is 7.05 Å². The lowest BCUT2D eigenvalue weighted by Crippen LogP contribution is -2.15. The van der Waals surface area contributed by atoms with Gasteiger partial charge in [0.1, 0.15) is 10.7 Å². The average molecular weight is 343 g/mol. The Hall–Kier alpha value is -2.49. The van der Waals surface area contributed by atoms with Gasteiger partial charge in [-0.25, -0.2) is 4.98 Å². The molecule has 0 spiro atoms. The molecule has 0 N–H and O–H groups in total. The van der Waals surface area contributed by atoms with Crippen LogP contribution in [0.25, 0.3) is 11.3 Å². The van der Waals surface area contributed by atoms with Crippen molar-refractivity contribution in [3.8, 4) is 17.3 Å².